The van der Waals surface area contributed by atoms with Crippen molar-refractivity contribution in [2.75, 3.05) is 19.5 Å². The molecule has 0 atom stereocenters. The summed E-state index contributed by atoms with van der Waals surface area (Å²) in [5, 5.41) is 12.0. The molecule has 7 nitrogen and oxygen atoms in total. The van der Waals surface area contributed by atoms with Crippen molar-refractivity contribution in [2.24, 2.45) is 0 Å². The van der Waals surface area contributed by atoms with Crippen LogP contribution in [0.4, 0.5) is 0 Å². The van der Waals surface area contributed by atoms with Crippen molar-refractivity contribution in [3.63, 3.8) is 0 Å². The molecule has 0 bridgehead atoms. The van der Waals surface area contributed by atoms with E-state index in [0.29, 0.717) is 15.3 Å². The van der Waals surface area contributed by atoms with Crippen LogP contribution in [0.5, 0.6) is 5.75 Å². The lowest BCUT2D eigenvalue weighted by Gasteiger charge is -2.10. The Bertz CT molecular complexity index is 1090. The molecule has 0 fully saturated rings. The van der Waals surface area contributed by atoms with Gasteiger partial charge in [0, 0.05) is 35.6 Å². The first-order chi connectivity index (χ1) is 15.4. The fourth-order valence-corrected chi connectivity index (χ4v) is 4.10. The molecule has 168 valence electrons. The Morgan fingerprint density at radius 2 is 1.88 bits per heavy atom. The van der Waals surface area contributed by atoms with Gasteiger partial charge >= 0.3 is 5.97 Å². The van der Waals surface area contributed by atoms with Crippen LogP contribution in [-0.4, -0.2) is 35.8 Å². The van der Waals surface area contributed by atoms with E-state index in [9.17, 15) is 14.8 Å². The van der Waals surface area contributed by atoms with Gasteiger partial charge in [0.25, 0.3) is 5.03 Å². The largest absolute Gasteiger partial charge is 0.618 e. The number of rotatable bonds is 10. The van der Waals surface area contributed by atoms with Gasteiger partial charge in [0.05, 0.1) is 7.11 Å². The number of hydrogen-bond donors (Lipinski definition) is 0. The SMILES string of the molecule is COc1ccc(CCn2c(C)cc(C(=O)COC(=O)CSc3cccc[n+]3[O-])c2C)cc1. The van der Waals surface area contributed by atoms with E-state index >= 15 is 0 Å². The number of aryl methyl sites for hydroxylation is 2. The fourth-order valence-electron chi connectivity index (χ4n) is 3.38. The predicted molar refractivity (Wildman–Crippen MR) is 122 cm³/mol. The minimum absolute atomic E-state index is 0.0413. The van der Waals surface area contributed by atoms with E-state index in [0.717, 1.165) is 41.9 Å². The average Bonchev–Trinajstić information content (AvgIpc) is 3.09. The average molecular weight is 455 g/mol. The second-order valence-corrected chi connectivity index (χ2v) is 8.27. The third-order valence-electron chi connectivity index (χ3n) is 5.15. The van der Waals surface area contributed by atoms with Crippen LogP contribution >= 0.6 is 11.8 Å². The lowest BCUT2D eigenvalue weighted by molar-refractivity contribution is -0.645. The minimum Gasteiger partial charge on any atom is -0.618 e. The van der Waals surface area contributed by atoms with Crippen molar-refractivity contribution in [1.82, 2.24) is 4.57 Å². The fraction of sp³-hybridized carbons (Fsp3) is 0.292. The van der Waals surface area contributed by atoms with Gasteiger partial charge in [-0.1, -0.05) is 12.1 Å². The zero-order valence-corrected chi connectivity index (χ0v) is 19.2. The first-order valence-corrected chi connectivity index (χ1v) is 11.2. The van der Waals surface area contributed by atoms with Gasteiger partial charge in [-0.3, -0.25) is 9.59 Å². The number of carbonyl (C=O) groups excluding carboxylic acids is 2. The van der Waals surface area contributed by atoms with E-state index in [2.05, 4.69) is 4.57 Å². The molecular formula is C24H26N2O5S. The van der Waals surface area contributed by atoms with E-state index in [4.69, 9.17) is 9.47 Å². The lowest BCUT2D eigenvalue weighted by Crippen LogP contribution is -2.28. The number of nitrogens with zero attached hydrogens (tertiary/aromatic N) is 2. The van der Waals surface area contributed by atoms with Gasteiger partial charge in [-0.05, 0) is 61.9 Å². The van der Waals surface area contributed by atoms with Crippen molar-refractivity contribution in [2.45, 2.75) is 31.8 Å². The molecule has 3 aromatic rings. The summed E-state index contributed by atoms with van der Waals surface area (Å²) in [5.74, 6) is -0.00870. The van der Waals surface area contributed by atoms with E-state index in [-0.39, 0.29) is 18.1 Å². The molecule has 32 heavy (non-hydrogen) atoms. The Hall–Kier alpha value is -3.26. The van der Waals surface area contributed by atoms with Gasteiger partial charge in [-0.2, -0.15) is 4.73 Å². The number of aromatic nitrogens is 2. The summed E-state index contributed by atoms with van der Waals surface area (Å²) in [7, 11) is 1.64. The zero-order chi connectivity index (χ0) is 23.1. The molecule has 0 spiro atoms. The maximum absolute atomic E-state index is 12.6. The smallest absolute Gasteiger partial charge is 0.316 e. The lowest BCUT2D eigenvalue weighted by atomic mass is 10.1. The summed E-state index contributed by atoms with van der Waals surface area (Å²) < 4.78 is 13.1. The summed E-state index contributed by atoms with van der Waals surface area (Å²) in [6.45, 7) is 4.27. The number of Topliss-reactive ketones (excluding diaryl/α,β-unsaturated/α-hetero) is 1. The van der Waals surface area contributed by atoms with Crippen LogP contribution in [0.3, 0.4) is 0 Å². The zero-order valence-electron chi connectivity index (χ0n) is 18.4. The monoisotopic (exact) mass is 454 g/mol. The Balaban J connectivity index is 1.53. The summed E-state index contributed by atoms with van der Waals surface area (Å²) in [6.07, 6.45) is 2.18. The molecule has 3 rings (SSSR count). The number of esters is 1. The van der Waals surface area contributed by atoms with Gasteiger partial charge < -0.3 is 19.2 Å². The highest BCUT2D eigenvalue weighted by Gasteiger charge is 2.18. The maximum Gasteiger partial charge on any atom is 0.316 e. The molecule has 0 amide bonds. The van der Waals surface area contributed by atoms with E-state index < -0.39 is 5.97 Å². The summed E-state index contributed by atoms with van der Waals surface area (Å²) in [4.78, 5) is 24.6. The second-order valence-electron chi connectivity index (χ2n) is 7.27. The third kappa shape index (κ3) is 5.91. The summed E-state index contributed by atoms with van der Waals surface area (Å²) >= 11 is 1.07. The van der Waals surface area contributed by atoms with Crippen molar-refractivity contribution >= 4 is 23.5 Å². The molecule has 0 saturated carbocycles. The molecule has 0 aliphatic rings. The number of ether oxygens (including phenoxy) is 2. The number of thioether (sulfide) groups is 1. The highest BCUT2D eigenvalue weighted by atomic mass is 32.2. The van der Waals surface area contributed by atoms with Gasteiger partial charge in [-0.25, -0.2) is 0 Å². The highest BCUT2D eigenvalue weighted by Crippen LogP contribution is 2.19. The van der Waals surface area contributed by atoms with Crippen LogP contribution in [0.2, 0.25) is 0 Å². The predicted octanol–water partition coefficient (Wildman–Crippen LogP) is 3.51. The summed E-state index contributed by atoms with van der Waals surface area (Å²) in [5.41, 5.74) is 3.56. The quantitative estimate of drug-likeness (QED) is 0.153. The minimum atomic E-state index is -0.541. The van der Waals surface area contributed by atoms with Crippen molar-refractivity contribution in [3.8, 4) is 5.75 Å². The number of pyridine rings is 1. The van der Waals surface area contributed by atoms with Crippen LogP contribution < -0.4 is 9.47 Å². The first-order valence-electron chi connectivity index (χ1n) is 10.2. The Morgan fingerprint density at radius 3 is 2.56 bits per heavy atom. The van der Waals surface area contributed by atoms with E-state index in [1.807, 2.05) is 44.2 Å². The molecule has 0 radical (unpaired) electrons. The molecular weight excluding hydrogens is 428 g/mol. The Morgan fingerprint density at radius 1 is 1.12 bits per heavy atom. The number of carbonyl (C=O) groups is 2. The standard InChI is InChI=1S/C24H26N2O5S/c1-17-14-21(18(2)25(17)13-11-19-7-9-20(30-3)10-8-19)22(27)15-31-24(28)16-32-23-6-4-5-12-26(23)29/h4-10,12,14H,11,13,15-16H2,1-3H3. The molecule has 0 aliphatic heterocycles. The van der Waals surface area contributed by atoms with Gasteiger partial charge in [0.15, 0.2) is 12.8 Å². The molecule has 2 heterocycles. The first kappa shape index (κ1) is 23.4. The number of methoxy groups -OCH3 is 1. The normalized spacial score (nSPS) is 10.7. The molecule has 2 aromatic heterocycles. The van der Waals surface area contributed by atoms with Crippen LogP contribution in [-0.2, 0) is 22.5 Å². The summed E-state index contributed by atoms with van der Waals surface area (Å²) in [6, 6.07) is 14.7. The van der Waals surface area contributed by atoms with Crippen LogP contribution in [0, 0.1) is 19.1 Å². The maximum atomic E-state index is 12.6. The Kier molecular flexibility index (Phi) is 7.94. The van der Waals surface area contributed by atoms with Gasteiger partial charge in [0.2, 0.25) is 5.78 Å². The molecule has 1 aromatic carbocycles. The van der Waals surface area contributed by atoms with Crippen molar-refractivity contribution in [3.05, 3.63) is 82.4 Å². The molecule has 8 heteroatoms. The van der Waals surface area contributed by atoms with Crippen molar-refractivity contribution < 1.29 is 23.8 Å². The number of ketones is 1. The topological polar surface area (TPSA) is 84.5 Å². The van der Waals surface area contributed by atoms with Crippen LogP contribution in [0.15, 0.2) is 59.8 Å². The van der Waals surface area contributed by atoms with Crippen molar-refractivity contribution in [1.29, 1.82) is 0 Å². The second kappa shape index (κ2) is 10.9. The van der Waals surface area contributed by atoms with Gasteiger partial charge in [0.1, 0.15) is 11.5 Å². The molecule has 0 saturated heterocycles. The molecule has 0 unspecified atom stereocenters. The highest BCUT2D eigenvalue weighted by molar-refractivity contribution is 7.99. The van der Waals surface area contributed by atoms with Crippen LogP contribution in [0.1, 0.15) is 27.3 Å². The third-order valence-corrected chi connectivity index (χ3v) is 6.14. The van der Waals surface area contributed by atoms with Crippen LogP contribution in [0.25, 0.3) is 0 Å². The number of hydrogen-bond acceptors (Lipinski definition) is 6. The molecule has 0 N–H and O–H groups in total. The molecule has 0 aliphatic carbocycles. The van der Waals surface area contributed by atoms with Gasteiger partial charge in [-0.15, -0.1) is 0 Å². The van der Waals surface area contributed by atoms with E-state index in [1.165, 1.54) is 11.8 Å². The number of benzene rings is 1. The van der Waals surface area contributed by atoms with E-state index in [1.54, 1.807) is 25.3 Å². The Labute approximate surface area is 191 Å².